The van der Waals surface area contributed by atoms with Gasteiger partial charge >= 0.3 is 0 Å². The van der Waals surface area contributed by atoms with E-state index in [4.69, 9.17) is 10.5 Å². The van der Waals surface area contributed by atoms with Crippen molar-refractivity contribution < 1.29 is 4.74 Å². The fourth-order valence-corrected chi connectivity index (χ4v) is 3.62. The van der Waals surface area contributed by atoms with E-state index in [0.29, 0.717) is 12.3 Å². The summed E-state index contributed by atoms with van der Waals surface area (Å²) in [6.45, 7) is 4.02. The third kappa shape index (κ3) is 5.11. The van der Waals surface area contributed by atoms with Gasteiger partial charge in [-0.3, -0.25) is 4.90 Å². The molecule has 0 unspecified atom stereocenters. The van der Waals surface area contributed by atoms with Crippen molar-refractivity contribution >= 4 is 28.3 Å². The maximum absolute atomic E-state index is 5.90. The van der Waals surface area contributed by atoms with Crippen molar-refractivity contribution in [1.82, 2.24) is 4.90 Å². The summed E-state index contributed by atoms with van der Waals surface area (Å²) < 4.78 is 7.12. The lowest BCUT2D eigenvalue weighted by atomic mass is 9.90. The highest BCUT2D eigenvalue weighted by atomic mass is 127. The number of likely N-dealkylation sites (tertiary alicyclic amines) is 1. The lowest BCUT2D eigenvalue weighted by Gasteiger charge is -2.32. The van der Waals surface area contributed by atoms with Crippen molar-refractivity contribution in [1.29, 1.82) is 0 Å². The second-order valence-corrected chi connectivity index (χ2v) is 7.75. The zero-order chi connectivity index (χ0) is 16.8. The van der Waals surface area contributed by atoms with E-state index in [0.717, 1.165) is 18.2 Å². The van der Waals surface area contributed by atoms with Crippen molar-refractivity contribution in [2.24, 2.45) is 5.92 Å². The number of hydrogen-bond donors (Lipinski definition) is 1. The van der Waals surface area contributed by atoms with E-state index in [-0.39, 0.29) is 0 Å². The molecule has 3 nitrogen and oxygen atoms in total. The Morgan fingerprint density at radius 2 is 1.75 bits per heavy atom. The van der Waals surface area contributed by atoms with Crippen molar-refractivity contribution in [2.75, 3.05) is 32.0 Å². The maximum Gasteiger partial charge on any atom is 0.142 e. The number of nitrogens with two attached hydrogens (primary N) is 1. The van der Waals surface area contributed by atoms with Crippen LogP contribution in [0.1, 0.15) is 18.4 Å². The molecule has 0 bridgehead atoms. The molecule has 2 aromatic rings. The van der Waals surface area contributed by atoms with Gasteiger partial charge in [-0.05, 0) is 90.7 Å². The van der Waals surface area contributed by atoms with Crippen LogP contribution in [-0.4, -0.2) is 31.1 Å². The molecule has 0 spiro atoms. The Hall–Kier alpha value is -1.27. The number of nitrogens with zero attached hydrogens (tertiary/aromatic N) is 1. The topological polar surface area (TPSA) is 38.5 Å². The van der Waals surface area contributed by atoms with E-state index < -0.39 is 0 Å². The highest BCUT2D eigenvalue weighted by Gasteiger charge is 2.19. The third-order valence-corrected chi connectivity index (χ3v) is 5.45. The van der Waals surface area contributed by atoms with E-state index in [1.165, 1.54) is 41.5 Å². The molecule has 24 heavy (non-hydrogen) atoms. The number of rotatable bonds is 6. The van der Waals surface area contributed by atoms with Gasteiger partial charge in [0.2, 0.25) is 0 Å². The summed E-state index contributed by atoms with van der Waals surface area (Å²) in [5, 5.41) is 0. The summed E-state index contributed by atoms with van der Waals surface area (Å²) in [7, 11) is 0. The van der Waals surface area contributed by atoms with Gasteiger partial charge in [-0.25, -0.2) is 0 Å². The van der Waals surface area contributed by atoms with Crippen LogP contribution in [0.15, 0.2) is 48.5 Å². The van der Waals surface area contributed by atoms with E-state index in [1.54, 1.807) is 0 Å². The average Bonchev–Trinajstić information content (AvgIpc) is 2.60. The van der Waals surface area contributed by atoms with Gasteiger partial charge in [0.1, 0.15) is 12.4 Å². The first kappa shape index (κ1) is 17.5. The standard InChI is InChI=1S/C20H25IN2O/c21-18-7-5-16(6-8-18)15-17-9-11-23(12-10-17)13-14-24-20-4-2-1-3-19(20)22/h1-8,17H,9-15,22H2. The van der Waals surface area contributed by atoms with Gasteiger partial charge in [0.25, 0.3) is 0 Å². The van der Waals surface area contributed by atoms with E-state index in [2.05, 4.69) is 51.8 Å². The van der Waals surface area contributed by atoms with Gasteiger partial charge in [0.05, 0.1) is 5.69 Å². The van der Waals surface area contributed by atoms with E-state index in [1.807, 2.05) is 24.3 Å². The number of hydrogen-bond acceptors (Lipinski definition) is 3. The summed E-state index contributed by atoms with van der Waals surface area (Å²) in [6.07, 6.45) is 3.76. The van der Waals surface area contributed by atoms with Crippen LogP contribution in [0.2, 0.25) is 0 Å². The molecule has 0 aromatic heterocycles. The zero-order valence-corrected chi connectivity index (χ0v) is 16.1. The first-order chi connectivity index (χ1) is 11.7. The Bertz CT molecular complexity index is 636. The number of nitrogen functional groups attached to an aromatic ring is 1. The van der Waals surface area contributed by atoms with Crippen molar-refractivity contribution in [2.45, 2.75) is 19.3 Å². The number of benzene rings is 2. The van der Waals surface area contributed by atoms with Gasteiger partial charge in [-0.15, -0.1) is 0 Å². The normalized spacial score (nSPS) is 16.2. The van der Waals surface area contributed by atoms with E-state index in [9.17, 15) is 0 Å². The SMILES string of the molecule is Nc1ccccc1OCCN1CCC(Cc2ccc(I)cc2)CC1. The van der Waals surface area contributed by atoms with Crippen molar-refractivity contribution in [3.05, 3.63) is 57.7 Å². The lowest BCUT2D eigenvalue weighted by Crippen LogP contribution is -2.37. The molecule has 2 N–H and O–H groups in total. The summed E-state index contributed by atoms with van der Waals surface area (Å²) in [6, 6.07) is 16.7. The number of anilines is 1. The number of ether oxygens (including phenoxy) is 1. The smallest absolute Gasteiger partial charge is 0.142 e. The number of para-hydroxylation sites is 2. The molecule has 4 heteroatoms. The number of piperidine rings is 1. The highest BCUT2D eigenvalue weighted by molar-refractivity contribution is 14.1. The molecule has 0 saturated carbocycles. The minimum absolute atomic E-state index is 0.704. The van der Waals surface area contributed by atoms with Crippen LogP contribution in [-0.2, 0) is 6.42 Å². The predicted molar refractivity (Wildman–Crippen MR) is 108 cm³/mol. The molecule has 0 radical (unpaired) electrons. The van der Waals surface area contributed by atoms with Crippen LogP contribution in [0.5, 0.6) is 5.75 Å². The fourth-order valence-electron chi connectivity index (χ4n) is 3.26. The van der Waals surface area contributed by atoms with Crippen LogP contribution < -0.4 is 10.5 Å². The Kier molecular flexibility index (Phi) is 6.37. The van der Waals surface area contributed by atoms with Crippen molar-refractivity contribution in [3.63, 3.8) is 0 Å². The maximum atomic E-state index is 5.90. The van der Waals surface area contributed by atoms with Gasteiger partial charge < -0.3 is 10.5 Å². The molecule has 0 atom stereocenters. The Balaban J connectivity index is 1.37. The Morgan fingerprint density at radius 3 is 2.46 bits per heavy atom. The summed E-state index contributed by atoms with van der Waals surface area (Å²) in [5.74, 6) is 1.61. The van der Waals surface area contributed by atoms with Crippen LogP contribution in [0.3, 0.4) is 0 Å². The summed E-state index contributed by atoms with van der Waals surface area (Å²) >= 11 is 2.36. The largest absolute Gasteiger partial charge is 0.490 e. The molecule has 1 fully saturated rings. The van der Waals surface area contributed by atoms with Crippen LogP contribution in [0.25, 0.3) is 0 Å². The Labute approximate surface area is 158 Å². The van der Waals surface area contributed by atoms with Gasteiger partial charge in [-0.1, -0.05) is 24.3 Å². The van der Waals surface area contributed by atoms with E-state index >= 15 is 0 Å². The first-order valence-electron chi connectivity index (χ1n) is 8.65. The molecular formula is C20H25IN2O. The highest BCUT2D eigenvalue weighted by Crippen LogP contribution is 2.23. The van der Waals surface area contributed by atoms with Crippen LogP contribution in [0, 0.1) is 9.49 Å². The molecule has 128 valence electrons. The number of halogens is 1. The van der Waals surface area contributed by atoms with Gasteiger partial charge in [0.15, 0.2) is 0 Å². The first-order valence-corrected chi connectivity index (χ1v) is 9.72. The predicted octanol–water partition coefficient (Wildman–Crippen LogP) is 4.21. The Morgan fingerprint density at radius 1 is 1.04 bits per heavy atom. The lowest BCUT2D eigenvalue weighted by molar-refractivity contribution is 0.155. The summed E-state index contributed by atoms with van der Waals surface area (Å²) in [4.78, 5) is 2.50. The monoisotopic (exact) mass is 436 g/mol. The molecule has 2 aromatic carbocycles. The molecule has 0 amide bonds. The second-order valence-electron chi connectivity index (χ2n) is 6.50. The van der Waals surface area contributed by atoms with Crippen molar-refractivity contribution in [3.8, 4) is 5.75 Å². The van der Waals surface area contributed by atoms with Gasteiger partial charge in [0, 0.05) is 10.1 Å². The molecule has 1 saturated heterocycles. The third-order valence-electron chi connectivity index (χ3n) is 4.73. The fraction of sp³-hybridized carbons (Fsp3) is 0.400. The quantitative estimate of drug-likeness (QED) is 0.545. The minimum atomic E-state index is 0.704. The zero-order valence-electron chi connectivity index (χ0n) is 14.0. The molecule has 0 aliphatic carbocycles. The molecule has 1 aliphatic rings. The summed E-state index contributed by atoms with van der Waals surface area (Å²) in [5.41, 5.74) is 8.09. The van der Waals surface area contributed by atoms with Crippen LogP contribution >= 0.6 is 22.6 Å². The van der Waals surface area contributed by atoms with Crippen LogP contribution in [0.4, 0.5) is 5.69 Å². The molecule has 1 heterocycles. The van der Waals surface area contributed by atoms with Gasteiger partial charge in [-0.2, -0.15) is 0 Å². The molecule has 1 aliphatic heterocycles. The molecular weight excluding hydrogens is 411 g/mol. The molecule has 3 rings (SSSR count). The average molecular weight is 436 g/mol. The second kappa shape index (κ2) is 8.72. The minimum Gasteiger partial charge on any atom is -0.490 e.